The van der Waals surface area contributed by atoms with Crippen LogP contribution in [0.3, 0.4) is 0 Å². The van der Waals surface area contributed by atoms with Gasteiger partial charge >= 0.3 is 5.97 Å². The molecule has 0 aromatic heterocycles. The third kappa shape index (κ3) is 6.23. The van der Waals surface area contributed by atoms with Crippen molar-refractivity contribution in [2.24, 2.45) is 5.92 Å². The van der Waals surface area contributed by atoms with Gasteiger partial charge in [0, 0.05) is 6.07 Å². The van der Waals surface area contributed by atoms with Crippen LogP contribution in [0.25, 0.3) is 0 Å². The van der Waals surface area contributed by atoms with E-state index in [1.165, 1.54) is 26.2 Å². The molecule has 0 bridgehead atoms. The van der Waals surface area contributed by atoms with Crippen molar-refractivity contribution in [3.8, 4) is 0 Å². The summed E-state index contributed by atoms with van der Waals surface area (Å²) < 4.78 is 32.1. The Hall–Kier alpha value is -2.53. The number of nitro benzene ring substituents is 1. The first-order chi connectivity index (χ1) is 14.2. The Morgan fingerprint density at radius 2 is 1.87 bits per heavy atom. The molecule has 0 radical (unpaired) electrons. The van der Waals surface area contributed by atoms with Gasteiger partial charge in [0.25, 0.3) is 5.69 Å². The lowest BCUT2D eigenvalue weighted by Crippen LogP contribution is -2.51. The van der Waals surface area contributed by atoms with E-state index in [1.807, 2.05) is 0 Å². The minimum Gasteiger partial charge on any atom is -0.467 e. The summed E-state index contributed by atoms with van der Waals surface area (Å²) in [6.45, 7) is 1.30. The number of hydrogen-bond donors (Lipinski definition) is 2. The number of hydrogen-bond acceptors (Lipinski definition) is 7. The van der Waals surface area contributed by atoms with Gasteiger partial charge in [0.05, 0.1) is 18.1 Å². The number of sulfonamides is 1. The Bertz CT molecular complexity index is 882. The minimum absolute atomic E-state index is 0.280. The fourth-order valence-corrected chi connectivity index (χ4v) is 4.97. The molecule has 1 saturated carbocycles. The summed E-state index contributed by atoms with van der Waals surface area (Å²) in [7, 11) is -3.11. The largest absolute Gasteiger partial charge is 0.467 e. The molecular weight excluding hydrogens is 414 g/mol. The highest BCUT2D eigenvalue weighted by molar-refractivity contribution is 7.89. The SMILES string of the molecule is COC(=O)[C@H](CC1CCCCC1)NC(=O)[C@H](C)NS(=O)(=O)c1ccccc1[N+](=O)[O-]. The van der Waals surface area contributed by atoms with Crippen LogP contribution in [-0.4, -0.2) is 44.4 Å². The van der Waals surface area contributed by atoms with E-state index >= 15 is 0 Å². The van der Waals surface area contributed by atoms with Crippen molar-refractivity contribution in [2.45, 2.75) is 62.4 Å². The molecule has 166 valence electrons. The van der Waals surface area contributed by atoms with Gasteiger partial charge in [-0.15, -0.1) is 0 Å². The van der Waals surface area contributed by atoms with E-state index in [0.717, 1.165) is 44.2 Å². The van der Waals surface area contributed by atoms with Crippen LogP contribution in [0.1, 0.15) is 45.4 Å². The molecule has 10 nitrogen and oxygen atoms in total. The Morgan fingerprint density at radius 1 is 1.23 bits per heavy atom. The van der Waals surface area contributed by atoms with Crippen molar-refractivity contribution < 1.29 is 27.7 Å². The van der Waals surface area contributed by atoms with E-state index in [0.29, 0.717) is 6.42 Å². The van der Waals surface area contributed by atoms with Gasteiger partial charge < -0.3 is 10.1 Å². The van der Waals surface area contributed by atoms with Crippen LogP contribution in [0.15, 0.2) is 29.2 Å². The summed E-state index contributed by atoms with van der Waals surface area (Å²) in [5, 5.41) is 13.7. The van der Waals surface area contributed by atoms with Gasteiger partial charge in [-0.3, -0.25) is 14.9 Å². The first-order valence-electron chi connectivity index (χ1n) is 9.79. The summed E-state index contributed by atoms with van der Waals surface area (Å²) in [6.07, 6.45) is 5.63. The van der Waals surface area contributed by atoms with Crippen LogP contribution in [0, 0.1) is 16.0 Å². The maximum atomic E-state index is 12.6. The van der Waals surface area contributed by atoms with Crippen molar-refractivity contribution in [2.75, 3.05) is 7.11 Å². The van der Waals surface area contributed by atoms with Gasteiger partial charge in [-0.2, -0.15) is 4.72 Å². The predicted molar refractivity (Wildman–Crippen MR) is 108 cm³/mol. The molecule has 0 heterocycles. The fraction of sp³-hybridized carbons (Fsp3) is 0.579. The maximum absolute atomic E-state index is 12.6. The number of benzene rings is 1. The molecule has 30 heavy (non-hydrogen) atoms. The highest BCUT2D eigenvalue weighted by Gasteiger charge is 2.31. The molecule has 1 amide bonds. The monoisotopic (exact) mass is 441 g/mol. The van der Waals surface area contributed by atoms with Crippen LogP contribution >= 0.6 is 0 Å². The highest BCUT2D eigenvalue weighted by atomic mass is 32.2. The van der Waals surface area contributed by atoms with Gasteiger partial charge in [-0.05, 0) is 25.3 Å². The number of ether oxygens (including phenoxy) is 1. The topological polar surface area (TPSA) is 145 Å². The zero-order chi connectivity index (χ0) is 22.3. The molecule has 0 aliphatic heterocycles. The van der Waals surface area contributed by atoms with Gasteiger partial charge in [-0.1, -0.05) is 44.2 Å². The zero-order valence-corrected chi connectivity index (χ0v) is 17.8. The molecule has 0 saturated heterocycles. The van der Waals surface area contributed by atoms with E-state index in [-0.39, 0.29) is 5.92 Å². The van der Waals surface area contributed by atoms with Gasteiger partial charge in [0.15, 0.2) is 4.90 Å². The first kappa shape index (κ1) is 23.7. The Morgan fingerprint density at radius 3 is 2.47 bits per heavy atom. The first-order valence-corrected chi connectivity index (χ1v) is 11.3. The third-order valence-corrected chi connectivity index (χ3v) is 6.76. The van der Waals surface area contributed by atoms with Crippen LogP contribution in [0.5, 0.6) is 0 Å². The normalized spacial score (nSPS) is 17.0. The summed E-state index contributed by atoms with van der Waals surface area (Å²) in [5.41, 5.74) is -0.595. The lowest BCUT2D eigenvalue weighted by Gasteiger charge is -2.26. The number of para-hydroxylation sites is 1. The molecular formula is C19H27N3O7S. The van der Waals surface area contributed by atoms with Crippen LogP contribution in [0.2, 0.25) is 0 Å². The Kier molecular flexibility index (Phi) is 8.30. The fourth-order valence-electron chi connectivity index (χ4n) is 3.59. The summed E-state index contributed by atoms with van der Waals surface area (Å²) in [6, 6.07) is 2.71. The second-order valence-corrected chi connectivity index (χ2v) is 9.07. The number of carbonyl (C=O) groups excluding carboxylic acids is 2. The van der Waals surface area contributed by atoms with E-state index in [9.17, 15) is 28.1 Å². The van der Waals surface area contributed by atoms with Gasteiger partial charge in [-0.25, -0.2) is 13.2 Å². The van der Waals surface area contributed by atoms with Crippen molar-refractivity contribution in [3.05, 3.63) is 34.4 Å². The van der Waals surface area contributed by atoms with Crippen LogP contribution < -0.4 is 10.0 Å². The molecule has 0 unspecified atom stereocenters. The molecule has 1 fully saturated rings. The van der Waals surface area contributed by atoms with Gasteiger partial charge in [0.2, 0.25) is 15.9 Å². The molecule has 1 aromatic carbocycles. The molecule has 0 spiro atoms. The quantitative estimate of drug-likeness (QED) is 0.338. The number of nitrogens with one attached hydrogen (secondary N) is 2. The number of methoxy groups -OCH3 is 1. The van der Waals surface area contributed by atoms with Crippen molar-refractivity contribution in [1.82, 2.24) is 10.0 Å². The van der Waals surface area contributed by atoms with E-state index in [1.54, 1.807) is 0 Å². The molecule has 11 heteroatoms. The second kappa shape index (κ2) is 10.5. The van der Waals surface area contributed by atoms with E-state index in [4.69, 9.17) is 4.74 Å². The lowest BCUT2D eigenvalue weighted by molar-refractivity contribution is -0.387. The molecule has 1 aliphatic rings. The maximum Gasteiger partial charge on any atom is 0.328 e. The molecule has 1 aliphatic carbocycles. The second-order valence-electron chi connectivity index (χ2n) is 7.39. The van der Waals surface area contributed by atoms with Crippen molar-refractivity contribution >= 4 is 27.6 Å². The van der Waals surface area contributed by atoms with Crippen molar-refractivity contribution in [1.29, 1.82) is 0 Å². The number of carbonyl (C=O) groups is 2. The Balaban J connectivity index is 2.09. The van der Waals surface area contributed by atoms with Crippen molar-refractivity contribution in [3.63, 3.8) is 0 Å². The third-order valence-electron chi connectivity index (χ3n) is 5.17. The molecule has 2 N–H and O–H groups in total. The van der Waals surface area contributed by atoms with Crippen LogP contribution in [-0.2, 0) is 24.3 Å². The minimum atomic E-state index is -4.34. The molecule has 2 atom stereocenters. The predicted octanol–water partition coefficient (Wildman–Crippen LogP) is 1.89. The average Bonchev–Trinajstić information content (AvgIpc) is 2.73. The lowest BCUT2D eigenvalue weighted by atomic mass is 9.85. The molecule has 1 aromatic rings. The number of nitrogens with zero attached hydrogens (tertiary/aromatic N) is 1. The Labute approximate surface area is 175 Å². The van der Waals surface area contributed by atoms with Crippen LogP contribution in [0.4, 0.5) is 5.69 Å². The number of nitro groups is 1. The summed E-state index contributed by atoms with van der Waals surface area (Å²) >= 11 is 0. The number of rotatable bonds is 9. The van der Waals surface area contributed by atoms with E-state index in [2.05, 4.69) is 10.0 Å². The number of esters is 1. The smallest absolute Gasteiger partial charge is 0.328 e. The zero-order valence-electron chi connectivity index (χ0n) is 17.0. The van der Waals surface area contributed by atoms with Gasteiger partial charge in [0.1, 0.15) is 6.04 Å². The summed E-state index contributed by atoms with van der Waals surface area (Å²) in [5.74, 6) is -1.03. The average molecular weight is 442 g/mol. The van der Waals surface area contributed by atoms with E-state index < -0.39 is 49.5 Å². The summed E-state index contributed by atoms with van der Waals surface area (Å²) in [4.78, 5) is 34.4. The number of amides is 1. The molecule has 2 rings (SSSR count). The highest BCUT2D eigenvalue weighted by Crippen LogP contribution is 2.27. The standard InChI is InChI=1S/C19H27N3O7S/c1-13(21-30(27,28)17-11-7-6-10-16(17)22(25)26)18(23)20-15(19(24)29-2)12-14-8-4-3-5-9-14/h6-7,10-11,13-15,21H,3-5,8-9,12H2,1-2H3,(H,20,23)/t13-,15-/m0/s1.